The first-order valence-corrected chi connectivity index (χ1v) is 4.74. The standard InChI is InChI=1S/C8H13BrO2/c1-6(2)11-7(10)8(9)4-3-5-8/h6H,3-5H2,1-2H3. The number of rotatable bonds is 2. The summed E-state index contributed by atoms with van der Waals surface area (Å²) in [5.41, 5.74) is 0. The van der Waals surface area contributed by atoms with Gasteiger partial charge in [0.05, 0.1) is 6.10 Å². The van der Waals surface area contributed by atoms with Gasteiger partial charge in [-0.05, 0) is 33.1 Å². The van der Waals surface area contributed by atoms with E-state index in [1.54, 1.807) is 0 Å². The highest BCUT2D eigenvalue weighted by Crippen LogP contribution is 2.41. The van der Waals surface area contributed by atoms with E-state index in [-0.39, 0.29) is 16.4 Å². The first-order valence-electron chi connectivity index (χ1n) is 3.94. The molecule has 0 heterocycles. The van der Waals surface area contributed by atoms with Crippen LogP contribution >= 0.6 is 15.9 Å². The van der Waals surface area contributed by atoms with Crippen LogP contribution in [0.15, 0.2) is 0 Å². The van der Waals surface area contributed by atoms with Gasteiger partial charge in [-0.2, -0.15) is 0 Å². The smallest absolute Gasteiger partial charge is 0.323 e. The molecule has 1 aliphatic rings. The van der Waals surface area contributed by atoms with Gasteiger partial charge in [0.15, 0.2) is 0 Å². The minimum Gasteiger partial charge on any atom is -0.462 e. The fourth-order valence-electron chi connectivity index (χ4n) is 1.01. The van der Waals surface area contributed by atoms with E-state index in [0.29, 0.717) is 0 Å². The number of halogens is 1. The van der Waals surface area contributed by atoms with Crippen molar-refractivity contribution >= 4 is 21.9 Å². The maximum absolute atomic E-state index is 11.3. The van der Waals surface area contributed by atoms with Crippen LogP contribution in [-0.2, 0) is 9.53 Å². The fourth-order valence-corrected chi connectivity index (χ4v) is 1.67. The molecule has 0 bridgehead atoms. The van der Waals surface area contributed by atoms with Gasteiger partial charge in [-0.15, -0.1) is 0 Å². The largest absolute Gasteiger partial charge is 0.462 e. The van der Waals surface area contributed by atoms with Crippen LogP contribution in [-0.4, -0.2) is 16.4 Å². The summed E-state index contributed by atoms with van der Waals surface area (Å²) in [6.45, 7) is 3.74. The number of hydrogen-bond acceptors (Lipinski definition) is 2. The predicted molar refractivity (Wildman–Crippen MR) is 46.7 cm³/mol. The average Bonchev–Trinajstić information content (AvgIpc) is 1.81. The summed E-state index contributed by atoms with van der Waals surface area (Å²) in [6, 6.07) is 0. The molecule has 0 radical (unpaired) electrons. The highest BCUT2D eigenvalue weighted by molar-refractivity contribution is 9.10. The second kappa shape index (κ2) is 3.13. The summed E-state index contributed by atoms with van der Waals surface area (Å²) in [5.74, 6) is -0.0984. The number of carbonyl (C=O) groups is 1. The molecule has 2 nitrogen and oxygen atoms in total. The predicted octanol–water partition coefficient (Wildman–Crippen LogP) is 2.26. The van der Waals surface area contributed by atoms with Crippen LogP contribution in [0.3, 0.4) is 0 Å². The Kier molecular flexibility index (Phi) is 2.58. The molecule has 1 rings (SSSR count). The van der Waals surface area contributed by atoms with Crippen LogP contribution in [0.2, 0.25) is 0 Å². The zero-order valence-corrected chi connectivity index (χ0v) is 8.48. The molecule has 0 unspecified atom stereocenters. The Balaban J connectivity index is 2.40. The summed E-state index contributed by atoms with van der Waals surface area (Å²) < 4.78 is 4.74. The lowest BCUT2D eigenvalue weighted by molar-refractivity contribution is -0.152. The molecule has 0 aromatic rings. The van der Waals surface area contributed by atoms with Crippen molar-refractivity contribution in [2.24, 2.45) is 0 Å². The average molecular weight is 221 g/mol. The molecule has 64 valence electrons. The molecular formula is C8H13BrO2. The van der Waals surface area contributed by atoms with Gasteiger partial charge in [0, 0.05) is 0 Å². The lowest BCUT2D eigenvalue weighted by atomic mass is 9.85. The summed E-state index contributed by atoms with van der Waals surface area (Å²) in [4.78, 5) is 11.3. The van der Waals surface area contributed by atoms with Crippen molar-refractivity contribution in [2.75, 3.05) is 0 Å². The maximum atomic E-state index is 11.3. The first-order chi connectivity index (χ1) is 5.04. The second-order valence-corrected chi connectivity index (χ2v) is 4.79. The third kappa shape index (κ3) is 1.95. The van der Waals surface area contributed by atoms with Crippen LogP contribution in [0.1, 0.15) is 33.1 Å². The first kappa shape index (κ1) is 9.04. The van der Waals surface area contributed by atoms with Crippen molar-refractivity contribution in [3.05, 3.63) is 0 Å². The Morgan fingerprint density at radius 3 is 2.36 bits per heavy atom. The van der Waals surface area contributed by atoms with E-state index in [1.165, 1.54) is 0 Å². The lowest BCUT2D eigenvalue weighted by Crippen LogP contribution is -2.41. The Bertz CT molecular complexity index is 161. The molecule has 0 atom stereocenters. The summed E-state index contributed by atoms with van der Waals surface area (Å²) in [7, 11) is 0. The maximum Gasteiger partial charge on any atom is 0.323 e. The van der Waals surface area contributed by atoms with Crippen molar-refractivity contribution in [3.63, 3.8) is 0 Å². The van der Waals surface area contributed by atoms with Crippen molar-refractivity contribution in [3.8, 4) is 0 Å². The number of esters is 1. The Morgan fingerprint density at radius 2 is 2.09 bits per heavy atom. The molecule has 0 aliphatic heterocycles. The van der Waals surface area contributed by atoms with E-state index < -0.39 is 0 Å². The molecule has 1 aliphatic carbocycles. The number of ether oxygens (including phenoxy) is 1. The van der Waals surface area contributed by atoms with Gasteiger partial charge in [-0.1, -0.05) is 15.9 Å². The summed E-state index contributed by atoms with van der Waals surface area (Å²) in [6.07, 6.45) is 2.95. The van der Waals surface area contributed by atoms with Gasteiger partial charge >= 0.3 is 5.97 Å². The van der Waals surface area contributed by atoms with Gasteiger partial charge < -0.3 is 4.74 Å². The van der Waals surface area contributed by atoms with Crippen molar-refractivity contribution in [1.82, 2.24) is 0 Å². The molecule has 0 aromatic heterocycles. The van der Waals surface area contributed by atoms with Crippen LogP contribution < -0.4 is 0 Å². The topological polar surface area (TPSA) is 26.3 Å². The molecule has 0 N–H and O–H groups in total. The van der Waals surface area contributed by atoms with E-state index in [2.05, 4.69) is 15.9 Å². The van der Waals surface area contributed by atoms with Crippen molar-refractivity contribution in [2.45, 2.75) is 43.5 Å². The highest BCUT2D eigenvalue weighted by Gasteiger charge is 2.43. The van der Waals surface area contributed by atoms with Crippen LogP contribution in [0.4, 0.5) is 0 Å². The number of alkyl halides is 1. The van der Waals surface area contributed by atoms with Gasteiger partial charge in [0.2, 0.25) is 0 Å². The molecule has 1 saturated carbocycles. The van der Waals surface area contributed by atoms with Crippen molar-refractivity contribution in [1.29, 1.82) is 0 Å². The van der Waals surface area contributed by atoms with Gasteiger partial charge in [-0.3, -0.25) is 4.79 Å². The minimum absolute atomic E-state index is 0.00229. The third-order valence-electron chi connectivity index (χ3n) is 1.85. The molecule has 1 fully saturated rings. The number of hydrogen-bond donors (Lipinski definition) is 0. The van der Waals surface area contributed by atoms with E-state index in [4.69, 9.17) is 4.74 Å². The molecular weight excluding hydrogens is 208 g/mol. The SMILES string of the molecule is CC(C)OC(=O)C1(Br)CCC1. The lowest BCUT2D eigenvalue weighted by Gasteiger charge is -2.33. The monoisotopic (exact) mass is 220 g/mol. The van der Waals surface area contributed by atoms with Crippen LogP contribution in [0.5, 0.6) is 0 Å². The van der Waals surface area contributed by atoms with E-state index in [1.807, 2.05) is 13.8 Å². The Labute approximate surface area is 75.4 Å². The zero-order chi connectivity index (χ0) is 8.48. The number of carbonyl (C=O) groups excluding carboxylic acids is 1. The van der Waals surface area contributed by atoms with Gasteiger partial charge in [-0.25, -0.2) is 0 Å². The normalized spacial score (nSPS) is 21.1. The van der Waals surface area contributed by atoms with Gasteiger partial charge in [0.1, 0.15) is 4.32 Å². The summed E-state index contributed by atoms with van der Waals surface area (Å²) >= 11 is 3.39. The Morgan fingerprint density at radius 1 is 1.55 bits per heavy atom. The molecule has 3 heteroatoms. The third-order valence-corrected chi connectivity index (χ3v) is 2.97. The van der Waals surface area contributed by atoms with Crippen LogP contribution in [0.25, 0.3) is 0 Å². The summed E-state index contributed by atoms with van der Waals surface area (Å²) in [5, 5.41) is 0. The molecule has 0 spiro atoms. The molecule has 0 amide bonds. The molecule has 0 saturated heterocycles. The zero-order valence-electron chi connectivity index (χ0n) is 6.89. The minimum atomic E-state index is -0.336. The van der Waals surface area contributed by atoms with E-state index >= 15 is 0 Å². The highest BCUT2D eigenvalue weighted by atomic mass is 79.9. The Hall–Kier alpha value is -0.0500. The van der Waals surface area contributed by atoms with Crippen molar-refractivity contribution < 1.29 is 9.53 Å². The quantitative estimate of drug-likeness (QED) is 0.528. The second-order valence-electron chi connectivity index (χ2n) is 3.27. The fraction of sp³-hybridized carbons (Fsp3) is 0.875. The molecule has 0 aromatic carbocycles. The molecule has 11 heavy (non-hydrogen) atoms. The van der Waals surface area contributed by atoms with E-state index in [0.717, 1.165) is 19.3 Å². The van der Waals surface area contributed by atoms with Gasteiger partial charge in [0.25, 0.3) is 0 Å². The van der Waals surface area contributed by atoms with Crippen LogP contribution in [0, 0.1) is 0 Å². The van der Waals surface area contributed by atoms with E-state index in [9.17, 15) is 4.79 Å².